The zero-order valence-corrected chi connectivity index (χ0v) is 12.3. The zero-order chi connectivity index (χ0) is 14.5. The van der Waals surface area contributed by atoms with Crippen molar-refractivity contribution < 1.29 is 14.7 Å². The fourth-order valence-corrected chi connectivity index (χ4v) is 2.43. The van der Waals surface area contributed by atoms with Crippen molar-refractivity contribution in [2.45, 2.75) is 45.7 Å². The third-order valence-corrected chi connectivity index (χ3v) is 3.73. The Morgan fingerprint density at radius 1 is 1.37 bits per heavy atom. The zero-order valence-electron chi connectivity index (χ0n) is 11.4. The highest BCUT2D eigenvalue weighted by atomic mass is 32.1. The van der Waals surface area contributed by atoms with Gasteiger partial charge in [-0.2, -0.15) is 11.3 Å². The lowest BCUT2D eigenvalue weighted by Gasteiger charge is -2.25. The highest BCUT2D eigenvalue weighted by molar-refractivity contribution is 7.08. The minimum Gasteiger partial charge on any atom is -0.481 e. The summed E-state index contributed by atoms with van der Waals surface area (Å²) in [7, 11) is 0. The van der Waals surface area contributed by atoms with Gasteiger partial charge in [0.05, 0.1) is 0 Å². The molecule has 0 aliphatic rings. The number of carbonyl (C=O) groups excluding carboxylic acids is 1. The second-order valence-corrected chi connectivity index (χ2v) is 5.91. The molecule has 0 aliphatic heterocycles. The third kappa shape index (κ3) is 5.74. The van der Waals surface area contributed by atoms with E-state index in [-0.39, 0.29) is 12.5 Å². The Hall–Kier alpha value is -1.56. The van der Waals surface area contributed by atoms with Crippen LogP contribution in [0.4, 0.5) is 4.79 Å². The Bertz CT molecular complexity index is 454. The minimum atomic E-state index is -0.857. The first-order chi connectivity index (χ1) is 8.80. The van der Waals surface area contributed by atoms with E-state index < -0.39 is 11.5 Å². The van der Waals surface area contributed by atoms with E-state index in [0.717, 1.165) is 11.1 Å². The quantitative estimate of drug-likeness (QED) is 0.751. The molecule has 3 N–H and O–H groups in total. The number of carboxylic acid groups (broad SMARTS) is 1. The van der Waals surface area contributed by atoms with Gasteiger partial charge in [-0.25, -0.2) is 4.79 Å². The predicted octanol–water partition coefficient (Wildman–Crippen LogP) is 2.50. The SMILES string of the molecule is Cc1cscc1CNC(=O)NC(C)(C)CCC(=O)O. The van der Waals surface area contributed by atoms with Gasteiger partial charge in [0.15, 0.2) is 0 Å². The summed E-state index contributed by atoms with van der Waals surface area (Å²) >= 11 is 1.61. The van der Waals surface area contributed by atoms with Crippen LogP contribution in [0.15, 0.2) is 10.8 Å². The van der Waals surface area contributed by atoms with Crippen LogP contribution in [0.5, 0.6) is 0 Å². The van der Waals surface area contributed by atoms with Gasteiger partial charge in [0.1, 0.15) is 0 Å². The lowest BCUT2D eigenvalue weighted by Crippen LogP contribution is -2.48. The first kappa shape index (κ1) is 15.5. The molecule has 0 atom stereocenters. The van der Waals surface area contributed by atoms with E-state index in [2.05, 4.69) is 10.6 Å². The summed E-state index contributed by atoms with van der Waals surface area (Å²) in [5, 5.41) is 18.2. The molecular weight excluding hydrogens is 264 g/mol. The van der Waals surface area contributed by atoms with Crippen LogP contribution in [0.3, 0.4) is 0 Å². The number of carboxylic acids is 1. The van der Waals surface area contributed by atoms with Gasteiger partial charge in [0.25, 0.3) is 0 Å². The summed E-state index contributed by atoms with van der Waals surface area (Å²) in [6.45, 7) is 6.11. The number of aliphatic carboxylic acids is 1. The van der Waals surface area contributed by atoms with Gasteiger partial charge in [-0.15, -0.1) is 0 Å². The van der Waals surface area contributed by atoms with Crippen molar-refractivity contribution in [3.8, 4) is 0 Å². The molecule has 0 bridgehead atoms. The maximum Gasteiger partial charge on any atom is 0.315 e. The molecule has 0 radical (unpaired) electrons. The second-order valence-electron chi connectivity index (χ2n) is 5.17. The monoisotopic (exact) mass is 284 g/mol. The summed E-state index contributed by atoms with van der Waals surface area (Å²) in [5.74, 6) is -0.857. The van der Waals surface area contributed by atoms with Crippen molar-refractivity contribution in [3.05, 3.63) is 21.9 Å². The maximum absolute atomic E-state index is 11.7. The van der Waals surface area contributed by atoms with E-state index in [9.17, 15) is 9.59 Å². The molecular formula is C13H20N2O3S. The molecule has 2 amide bonds. The van der Waals surface area contributed by atoms with E-state index in [0.29, 0.717) is 13.0 Å². The Kier molecular flexibility index (Phi) is 5.35. The third-order valence-electron chi connectivity index (χ3n) is 2.82. The molecule has 1 aromatic heterocycles. The molecule has 5 nitrogen and oxygen atoms in total. The van der Waals surface area contributed by atoms with E-state index >= 15 is 0 Å². The van der Waals surface area contributed by atoms with Crippen molar-refractivity contribution in [2.75, 3.05) is 0 Å². The summed E-state index contributed by atoms with van der Waals surface area (Å²) < 4.78 is 0. The highest BCUT2D eigenvalue weighted by Gasteiger charge is 2.21. The van der Waals surface area contributed by atoms with Crippen LogP contribution in [-0.4, -0.2) is 22.6 Å². The molecule has 6 heteroatoms. The van der Waals surface area contributed by atoms with Crippen LogP contribution < -0.4 is 10.6 Å². The molecule has 1 heterocycles. The lowest BCUT2D eigenvalue weighted by atomic mass is 9.99. The van der Waals surface area contributed by atoms with Crippen molar-refractivity contribution in [2.24, 2.45) is 0 Å². The molecule has 0 saturated heterocycles. The van der Waals surface area contributed by atoms with E-state index in [1.807, 2.05) is 31.5 Å². The van der Waals surface area contributed by atoms with E-state index in [1.54, 1.807) is 11.3 Å². The fraction of sp³-hybridized carbons (Fsp3) is 0.538. The van der Waals surface area contributed by atoms with Crippen LogP contribution in [0.25, 0.3) is 0 Å². The van der Waals surface area contributed by atoms with Gasteiger partial charge in [-0.3, -0.25) is 4.79 Å². The highest BCUT2D eigenvalue weighted by Crippen LogP contribution is 2.13. The van der Waals surface area contributed by atoms with Crippen molar-refractivity contribution in [3.63, 3.8) is 0 Å². The van der Waals surface area contributed by atoms with Crippen LogP contribution in [0, 0.1) is 6.92 Å². The molecule has 106 valence electrons. The summed E-state index contributed by atoms with van der Waals surface area (Å²) in [4.78, 5) is 22.3. The molecule has 1 rings (SSSR count). The average Bonchev–Trinajstić information content (AvgIpc) is 2.69. The van der Waals surface area contributed by atoms with Crippen LogP contribution in [0.1, 0.15) is 37.8 Å². The molecule has 0 unspecified atom stereocenters. The van der Waals surface area contributed by atoms with E-state index in [1.165, 1.54) is 0 Å². The number of urea groups is 1. The van der Waals surface area contributed by atoms with Crippen LogP contribution in [-0.2, 0) is 11.3 Å². The first-order valence-corrected chi connectivity index (χ1v) is 7.04. The molecule has 1 aromatic rings. The number of thiophene rings is 1. The Morgan fingerprint density at radius 3 is 2.58 bits per heavy atom. The van der Waals surface area contributed by atoms with Gasteiger partial charge >= 0.3 is 12.0 Å². The van der Waals surface area contributed by atoms with Crippen molar-refractivity contribution in [1.29, 1.82) is 0 Å². The largest absolute Gasteiger partial charge is 0.481 e. The Balaban J connectivity index is 2.38. The molecule has 19 heavy (non-hydrogen) atoms. The van der Waals surface area contributed by atoms with Gasteiger partial charge in [0, 0.05) is 18.5 Å². The standard InChI is InChI=1S/C13H20N2O3S/c1-9-7-19-8-10(9)6-14-12(18)15-13(2,3)5-4-11(16)17/h7-8H,4-6H2,1-3H3,(H,16,17)(H2,14,15,18). The molecule has 0 fully saturated rings. The van der Waals surface area contributed by atoms with Crippen LogP contribution in [0.2, 0.25) is 0 Å². The predicted molar refractivity (Wildman–Crippen MR) is 75.4 cm³/mol. The minimum absolute atomic E-state index is 0.0386. The van der Waals surface area contributed by atoms with E-state index in [4.69, 9.17) is 5.11 Å². The van der Waals surface area contributed by atoms with Gasteiger partial charge in [-0.05, 0) is 49.1 Å². The number of aryl methyl sites for hydroxylation is 1. The number of carbonyl (C=O) groups is 2. The number of hydrogen-bond donors (Lipinski definition) is 3. The normalized spacial score (nSPS) is 11.1. The second kappa shape index (κ2) is 6.56. The molecule has 0 aliphatic carbocycles. The number of nitrogens with one attached hydrogen (secondary N) is 2. The van der Waals surface area contributed by atoms with Crippen molar-refractivity contribution in [1.82, 2.24) is 10.6 Å². The summed E-state index contributed by atoms with van der Waals surface area (Å²) in [6.07, 6.45) is 0.435. The van der Waals surface area contributed by atoms with Crippen LogP contribution >= 0.6 is 11.3 Å². The number of amides is 2. The number of hydrogen-bond acceptors (Lipinski definition) is 3. The average molecular weight is 284 g/mol. The van der Waals surface area contributed by atoms with Crippen molar-refractivity contribution >= 4 is 23.3 Å². The number of rotatable bonds is 6. The van der Waals surface area contributed by atoms with Gasteiger partial charge in [-0.1, -0.05) is 0 Å². The topological polar surface area (TPSA) is 78.4 Å². The summed E-state index contributed by atoms with van der Waals surface area (Å²) in [5.41, 5.74) is 1.73. The maximum atomic E-state index is 11.7. The van der Waals surface area contributed by atoms with Gasteiger partial charge < -0.3 is 15.7 Å². The molecule has 0 aromatic carbocycles. The Morgan fingerprint density at radius 2 is 2.05 bits per heavy atom. The molecule has 0 saturated carbocycles. The fourth-order valence-electron chi connectivity index (χ4n) is 1.58. The summed E-state index contributed by atoms with van der Waals surface area (Å²) in [6, 6.07) is -0.277. The first-order valence-electron chi connectivity index (χ1n) is 6.09. The Labute approximate surface area is 117 Å². The smallest absolute Gasteiger partial charge is 0.315 e. The molecule has 0 spiro atoms. The van der Waals surface area contributed by atoms with Gasteiger partial charge in [0.2, 0.25) is 0 Å². The lowest BCUT2D eigenvalue weighted by molar-refractivity contribution is -0.137.